The molecule has 33 heavy (non-hydrogen) atoms. The summed E-state index contributed by atoms with van der Waals surface area (Å²) >= 11 is 6.35. The Morgan fingerprint density at radius 3 is 2.67 bits per heavy atom. The van der Waals surface area contributed by atoms with Crippen molar-refractivity contribution in [1.82, 2.24) is 9.88 Å². The molecular weight excluding hydrogens is 442 g/mol. The Labute approximate surface area is 199 Å². The molecule has 0 spiro atoms. The van der Waals surface area contributed by atoms with E-state index < -0.39 is 0 Å². The topological polar surface area (TPSA) is 80.8 Å². The fourth-order valence-electron chi connectivity index (χ4n) is 3.59. The zero-order valence-corrected chi connectivity index (χ0v) is 20.0. The maximum absolute atomic E-state index is 12.7. The number of methoxy groups -OCH3 is 1. The summed E-state index contributed by atoms with van der Waals surface area (Å²) in [5, 5.41) is 3.30. The number of benzene rings is 1. The first-order chi connectivity index (χ1) is 15.9. The van der Waals surface area contributed by atoms with Crippen LogP contribution in [0, 0.1) is 12.8 Å². The Morgan fingerprint density at radius 2 is 2.03 bits per heavy atom. The Morgan fingerprint density at radius 1 is 1.27 bits per heavy atom. The number of aryl methyl sites for hydroxylation is 1. The molecule has 1 aliphatic heterocycles. The van der Waals surface area contributed by atoms with E-state index in [1.54, 1.807) is 42.5 Å². The third-order valence-electron chi connectivity index (χ3n) is 5.46. The van der Waals surface area contributed by atoms with E-state index in [9.17, 15) is 9.59 Å². The molecule has 7 nitrogen and oxygen atoms in total. The SMILES string of the molecule is CCCOc1c(Cl)cc(/C=C/C(=O)N2CCC(C(=O)Nc3ccc(C)cn3)CC2)cc1OC. The van der Waals surface area contributed by atoms with Gasteiger partial charge in [0, 0.05) is 31.3 Å². The van der Waals surface area contributed by atoms with Crippen LogP contribution in [0.5, 0.6) is 11.5 Å². The molecule has 0 radical (unpaired) electrons. The van der Waals surface area contributed by atoms with Crippen LogP contribution in [0.15, 0.2) is 36.5 Å². The lowest BCUT2D eigenvalue weighted by atomic mass is 9.96. The van der Waals surface area contributed by atoms with Crippen molar-refractivity contribution < 1.29 is 19.1 Å². The second-order valence-corrected chi connectivity index (χ2v) is 8.43. The molecular formula is C25H30ClN3O4. The molecule has 1 aromatic carbocycles. The minimum atomic E-state index is -0.139. The highest BCUT2D eigenvalue weighted by Crippen LogP contribution is 2.37. The quantitative estimate of drug-likeness (QED) is 0.563. The van der Waals surface area contributed by atoms with Gasteiger partial charge in [0.1, 0.15) is 5.82 Å². The minimum absolute atomic E-state index is 0.0545. The van der Waals surface area contributed by atoms with E-state index in [2.05, 4.69) is 10.3 Å². The van der Waals surface area contributed by atoms with Gasteiger partial charge in [-0.3, -0.25) is 9.59 Å². The standard InChI is InChI=1S/C25H30ClN3O4/c1-4-13-33-24-20(26)14-18(15-21(24)32-3)6-8-23(30)29-11-9-19(10-12-29)25(31)28-22-7-5-17(2)16-27-22/h5-8,14-16,19H,4,9-13H2,1-3H3,(H,27,28,31)/b8-6+. The molecule has 1 fully saturated rings. The number of nitrogens with one attached hydrogen (secondary N) is 1. The number of hydrogen-bond donors (Lipinski definition) is 1. The van der Waals surface area contributed by atoms with Crippen LogP contribution in [0.3, 0.4) is 0 Å². The summed E-state index contributed by atoms with van der Waals surface area (Å²) in [4.78, 5) is 31.1. The fourth-order valence-corrected chi connectivity index (χ4v) is 3.86. The van der Waals surface area contributed by atoms with Crippen LogP contribution < -0.4 is 14.8 Å². The number of nitrogens with zero attached hydrogens (tertiary/aromatic N) is 2. The molecule has 2 aromatic rings. The van der Waals surface area contributed by atoms with Crippen molar-refractivity contribution in [3.05, 3.63) is 52.7 Å². The van der Waals surface area contributed by atoms with Crippen molar-refractivity contribution in [2.75, 3.05) is 32.1 Å². The van der Waals surface area contributed by atoms with Gasteiger partial charge in [-0.25, -0.2) is 4.98 Å². The summed E-state index contributed by atoms with van der Waals surface area (Å²) in [6.45, 7) is 5.55. The molecule has 8 heteroatoms. The van der Waals surface area contributed by atoms with E-state index in [1.165, 1.54) is 6.08 Å². The molecule has 0 unspecified atom stereocenters. The van der Waals surface area contributed by atoms with Crippen LogP contribution in [-0.4, -0.2) is 48.5 Å². The summed E-state index contributed by atoms with van der Waals surface area (Å²) in [7, 11) is 1.55. The second-order valence-electron chi connectivity index (χ2n) is 8.03. The molecule has 0 bridgehead atoms. The van der Waals surface area contributed by atoms with Gasteiger partial charge in [0.15, 0.2) is 11.5 Å². The molecule has 0 saturated carbocycles. The Kier molecular flexibility index (Phi) is 8.72. The Bertz CT molecular complexity index is 999. The van der Waals surface area contributed by atoms with Gasteiger partial charge < -0.3 is 19.7 Å². The number of halogens is 1. The van der Waals surface area contributed by atoms with Crippen LogP contribution in [0.25, 0.3) is 6.08 Å². The van der Waals surface area contributed by atoms with Crippen molar-refractivity contribution in [2.24, 2.45) is 5.92 Å². The van der Waals surface area contributed by atoms with Gasteiger partial charge >= 0.3 is 0 Å². The van der Waals surface area contributed by atoms with Crippen LogP contribution >= 0.6 is 11.6 Å². The number of carbonyl (C=O) groups excluding carboxylic acids is 2. The average molecular weight is 472 g/mol. The zero-order valence-electron chi connectivity index (χ0n) is 19.3. The maximum Gasteiger partial charge on any atom is 0.246 e. The molecule has 3 rings (SSSR count). The summed E-state index contributed by atoms with van der Waals surface area (Å²) in [6, 6.07) is 7.23. The summed E-state index contributed by atoms with van der Waals surface area (Å²) in [6.07, 6.45) is 7.03. The van der Waals surface area contributed by atoms with Gasteiger partial charge in [0.25, 0.3) is 0 Å². The van der Waals surface area contributed by atoms with Gasteiger partial charge in [-0.2, -0.15) is 0 Å². The van der Waals surface area contributed by atoms with Gasteiger partial charge in [-0.15, -0.1) is 0 Å². The number of pyridine rings is 1. The normalized spacial score (nSPS) is 14.4. The van der Waals surface area contributed by atoms with E-state index in [1.807, 2.05) is 19.9 Å². The summed E-state index contributed by atoms with van der Waals surface area (Å²) in [5.41, 5.74) is 1.78. The second kappa shape index (κ2) is 11.7. The number of amides is 2. The van der Waals surface area contributed by atoms with E-state index in [0.29, 0.717) is 54.9 Å². The number of rotatable bonds is 8. The largest absolute Gasteiger partial charge is 0.493 e. The lowest BCUT2D eigenvalue weighted by Gasteiger charge is -2.30. The number of ether oxygens (including phenoxy) is 2. The van der Waals surface area contributed by atoms with Crippen molar-refractivity contribution in [2.45, 2.75) is 33.1 Å². The highest BCUT2D eigenvalue weighted by Gasteiger charge is 2.26. The molecule has 0 aliphatic carbocycles. The highest BCUT2D eigenvalue weighted by atomic mass is 35.5. The minimum Gasteiger partial charge on any atom is -0.493 e. The lowest BCUT2D eigenvalue weighted by molar-refractivity contribution is -0.130. The van der Waals surface area contributed by atoms with Crippen molar-refractivity contribution >= 4 is 35.3 Å². The van der Waals surface area contributed by atoms with Gasteiger partial charge in [-0.1, -0.05) is 24.6 Å². The molecule has 1 saturated heterocycles. The van der Waals surface area contributed by atoms with Gasteiger partial charge in [0.05, 0.1) is 18.7 Å². The average Bonchev–Trinajstić information content (AvgIpc) is 2.83. The van der Waals surface area contributed by atoms with E-state index in [0.717, 1.165) is 17.5 Å². The molecule has 1 aliphatic rings. The first-order valence-electron chi connectivity index (χ1n) is 11.1. The summed E-state index contributed by atoms with van der Waals surface area (Å²) in [5.74, 6) is 1.28. The molecule has 2 amide bonds. The first kappa shape index (κ1) is 24.6. The number of piperidine rings is 1. The predicted octanol–water partition coefficient (Wildman–Crippen LogP) is 4.73. The monoisotopic (exact) mass is 471 g/mol. The maximum atomic E-state index is 12.7. The van der Waals surface area contributed by atoms with Crippen LogP contribution in [-0.2, 0) is 9.59 Å². The number of likely N-dealkylation sites (tertiary alicyclic amines) is 1. The number of carbonyl (C=O) groups is 2. The van der Waals surface area contributed by atoms with Crippen molar-refractivity contribution in [1.29, 1.82) is 0 Å². The van der Waals surface area contributed by atoms with Gasteiger partial charge in [0.2, 0.25) is 11.8 Å². The first-order valence-corrected chi connectivity index (χ1v) is 11.5. The molecule has 1 N–H and O–H groups in total. The molecule has 0 atom stereocenters. The van der Waals surface area contributed by atoms with E-state index in [4.69, 9.17) is 21.1 Å². The third kappa shape index (κ3) is 6.71. The predicted molar refractivity (Wildman–Crippen MR) is 130 cm³/mol. The van der Waals surface area contributed by atoms with Crippen molar-refractivity contribution in [3.63, 3.8) is 0 Å². The lowest BCUT2D eigenvalue weighted by Crippen LogP contribution is -2.40. The summed E-state index contributed by atoms with van der Waals surface area (Å²) < 4.78 is 11.1. The van der Waals surface area contributed by atoms with Crippen LogP contribution in [0.4, 0.5) is 5.82 Å². The molecule has 176 valence electrons. The van der Waals surface area contributed by atoms with E-state index in [-0.39, 0.29) is 17.7 Å². The Balaban J connectivity index is 1.55. The smallest absolute Gasteiger partial charge is 0.246 e. The van der Waals surface area contributed by atoms with Crippen molar-refractivity contribution in [3.8, 4) is 11.5 Å². The third-order valence-corrected chi connectivity index (χ3v) is 5.74. The fraction of sp³-hybridized carbons (Fsp3) is 0.400. The van der Waals surface area contributed by atoms with E-state index >= 15 is 0 Å². The molecule has 2 heterocycles. The number of aromatic nitrogens is 1. The number of hydrogen-bond acceptors (Lipinski definition) is 5. The van der Waals surface area contributed by atoms with Crippen LogP contribution in [0.2, 0.25) is 5.02 Å². The van der Waals surface area contributed by atoms with Crippen LogP contribution in [0.1, 0.15) is 37.3 Å². The highest BCUT2D eigenvalue weighted by molar-refractivity contribution is 6.32. The molecule has 1 aromatic heterocycles. The number of anilines is 1. The van der Waals surface area contributed by atoms with Gasteiger partial charge in [-0.05, 0) is 61.6 Å². The Hall–Kier alpha value is -3.06. The zero-order chi connectivity index (χ0) is 23.8.